The van der Waals surface area contributed by atoms with Crippen LogP contribution >= 0.6 is 39.9 Å². The average Bonchev–Trinajstić information content (AvgIpc) is 2.74. The van der Waals surface area contributed by atoms with Crippen molar-refractivity contribution in [3.8, 4) is 0 Å². The molecule has 0 aromatic heterocycles. The zero-order chi connectivity index (χ0) is 14.8. The summed E-state index contributed by atoms with van der Waals surface area (Å²) in [7, 11) is 0. The molecule has 1 aliphatic heterocycles. The number of halogens is 1. The van der Waals surface area contributed by atoms with Crippen molar-refractivity contribution in [2.45, 2.75) is 38.1 Å². The van der Waals surface area contributed by atoms with Crippen LogP contribution in [0.3, 0.4) is 0 Å². The minimum Gasteiger partial charge on any atom is -0.290 e. The minimum atomic E-state index is 0.0804. The van der Waals surface area contributed by atoms with Gasteiger partial charge in [0.1, 0.15) is 4.32 Å². The summed E-state index contributed by atoms with van der Waals surface area (Å²) in [6.45, 7) is 0. The molecule has 1 amide bonds. The molecule has 1 saturated carbocycles. The van der Waals surface area contributed by atoms with Gasteiger partial charge in [-0.25, -0.2) is 0 Å². The molecule has 0 spiro atoms. The van der Waals surface area contributed by atoms with E-state index in [4.69, 9.17) is 12.2 Å². The van der Waals surface area contributed by atoms with Crippen LogP contribution in [0.2, 0.25) is 0 Å². The Morgan fingerprint density at radius 3 is 2.76 bits per heavy atom. The molecule has 0 N–H and O–H groups in total. The normalized spacial score (nSPS) is 22.3. The van der Waals surface area contributed by atoms with E-state index in [9.17, 15) is 4.79 Å². The Kier molecular flexibility index (Phi) is 4.82. The molecule has 1 heterocycles. The monoisotopic (exact) mass is 381 g/mol. The third kappa shape index (κ3) is 3.41. The fourth-order valence-corrected chi connectivity index (χ4v) is 4.70. The quantitative estimate of drug-likeness (QED) is 0.531. The van der Waals surface area contributed by atoms with Crippen LogP contribution in [0.15, 0.2) is 33.6 Å². The molecule has 0 radical (unpaired) electrons. The summed E-state index contributed by atoms with van der Waals surface area (Å²) in [5.74, 6) is 0.0804. The van der Waals surface area contributed by atoms with E-state index in [1.165, 1.54) is 31.0 Å². The zero-order valence-electron chi connectivity index (χ0n) is 11.5. The summed E-state index contributed by atoms with van der Waals surface area (Å²) < 4.78 is 1.73. The van der Waals surface area contributed by atoms with Gasteiger partial charge in [-0.1, -0.05) is 71.3 Å². The van der Waals surface area contributed by atoms with E-state index in [-0.39, 0.29) is 5.91 Å². The van der Waals surface area contributed by atoms with E-state index in [0.29, 0.717) is 10.4 Å². The zero-order valence-corrected chi connectivity index (χ0v) is 14.8. The third-order valence-electron chi connectivity index (χ3n) is 3.91. The molecule has 1 aliphatic carbocycles. The minimum absolute atomic E-state index is 0.0804. The second-order valence-corrected chi connectivity index (χ2v) is 7.99. The van der Waals surface area contributed by atoms with Crippen molar-refractivity contribution in [3.05, 3.63) is 39.2 Å². The second-order valence-electron chi connectivity index (χ2n) is 5.40. The molecule has 5 heteroatoms. The molecule has 3 rings (SSSR count). The maximum Gasteiger partial charge on any atom is 0.266 e. The lowest BCUT2D eigenvalue weighted by Gasteiger charge is -2.29. The highest BCUT2D eigenvalue weighted by molar-refractivity contribution is 9.10. The van der Waals surface area contributed by atoms with E-state index in [0.717, 1.165) is 27.8 Å². The summed E-state index contributed by atoms with van der Waals surface area (Å²) in [4.78, 5) is 15.2. The number of carbonyl (C=O) groups excluding carboxylic acids is 1. The van der Waals surface area contributed by atoms with Gasteiger partial charge in [0.2, 0.25) is 0 Å². The summed E-state index contributed by atoms with van der Waals surface area (Å²) >= 11 is 10.3. The smallest absolute Gasteiger partial charge is 0.266 e. The molecule has 2 nitrogen and oxygen atoms in total. The first-order valence-corrected chi connectivity index (χ1v) is 9.19. The number of benzene rings is 1. The molecule has 0 bridgehead atoms. The van der Waals surface area contributed by atoms with Gasteiger partial charge in [-0.15, -0.1) is 0 Å². The number of thiocarbonyl (C=S) groups is 1. The first-order valence-electron chi connectivity index (χ1n) is 7.18. The van der Waals surface area contributed by atoms with E-state index >= 15 is 0 Å². The molecule has 21 heavy (non-hydrogen) atoms. The number of hydrogen-bond donors (Lipinski definition) is 0. The fourth-order valence-electron chi connectivity index (χ4n) is 2.88. The molecule has 1 aromatic carbocycles. The summed E-state index contributed by atoms with van der Waals surface area (Å²) in [5.41, 5.74) is 1.02. The molecule has 2 fully saturated rings. The lowest BCUT2D eigenvalue weighted by atomic mass is 9.94. The SMILES string of the molecule is O=C1/C(=C/c2cccc(Br)c2)SC(=S)N1C1CCCCC1. The van der Waals surface area contributed by atoms with Gasteiger partial charge in [-0.3, -0.25) is 9.69 Å². The van der Waals surface area contributed by atoms with Crippen molar-refractivity contribution >= 4 is 56.2 Å². The highest BCUT2D eigenvalue weighted by Crippen LogP contribution is 2.37. The van der Waals surface area contributed by atoms with Gasteiger partial charge in [0.15, 0.2) is 0 Å². The highest BCUT2D eigenvalue weighted by atomic mass is 79.9. The molecule has 1 saturated heterocycles. The first kappa shape index (κ1) is 15.3. The van der Waals surface area contributed by atoms with Crippen molar-refractivity contribution in [1.29, 1.82) is 0 Å². The lowest BCUT2D eigenvalue weighted by Crippen LogP contribution is -2.39. The maximum atomic E-state index is 12.6. The van der Waals surface area contributed by atoms with Crippen LogP contribution in [0.4, 0.5) is 0 Å². The number of rotatable bonds is 2. The molecule has 0 unspecified atom stereocenters. The number of amides is 1. The van der Waals surface area contributed by atoms with Crippen LogP contribution in [0, 0.1) is 0 Å². The standard InChI is InChI=1S/C16H16BrNOS2/c17-12-6-4-5-11(9-12)10-14-15(19)18(16(20)21-14)13-7-2-1-3-8-13/h4-6,9-10,13H,1-3,7-8H2/b14-10-. The van der Waals surface area contributed by atoms with Crippen LogP contribution in [0.25, 0.3) is 6.08 Å². The van der Waals surface area contributed by atoms with Crippen molar-refractivity contribution < 1.29 is 4.79 Å². The van der Waals surface area contributed by atoms with Crippen LogP contribution < -0.4 is 0 Å². The Morgan fingerprint density at radius 2 is 2.05 bits per heavy atom. The van der Waals surface area contributed by atoms with Crippen molar-refractivity contribution in [2.75, 3.05) is 0 Å². The van der Waals surface area contributed by atoms with Crippen LogP contribution in [0.5, 0.6) is 0 Å². The Balaban J connectivity index is 1.82. The van der Waals surface area contributed by atoms with Crippen LogP contribution in [-0.4, -0.2) is 21.2 Å². The van der Waals surface area contributed by atoms with Gasteiger partial charge >= 0.3 is 0 Å². The van der Waals surface area contributed by atoms with Gasteiger partial charge in [0.05, 0.1) is 4.91 Å². The van der Waals surface area contributed by atoms with E-state index < -0.39 is 0 Å². The molecule has 110 valence electrons. The van der Waals surface area contributed by atoms with Crippen molar-refractivity contribution in [2.24, 2.45) is 0 Å². The number of carbonyl (C=O) groups is 1. The molecular weight excluding hydrogens is 366 g/mol. The Labute approximate surface area is 143 Å². The largest absolute Gasteiger partial charge is 0.290 e. The molecular formula is C16H16BrNOS2. The summed E-state index contributed by atoms with van der Waals surface area (Å²) in [5, 5.41) is 0. The Hall–Kier alpha value is -0.650. The number of nitrogens with zero attached hydrogens (tertiary/aromatic N) is 1. The van der Waals surface area contributed by atoms with Gasteiger partial charge in [-0.2, -0.15) is 0 Å². The second kappa shape index (κ2) is 6.63. The van der Waals surface area contributed by atoms with Gasteiger partial charge < -0.3 is 0 Å². The van der Waals surface area contributed by atoms with Gasteiger partial charge in [0.25, 0.3) is 5.91 Å². The first-order chi connectivity index (χ1) is 10.1. The van der Waals surface area contributed by atoms with Gasteiger partial charge in [-0.05, 0) is 36.6 Å². The fraction of sp³-hybridized carbons (Fsp3) is 0.375. The molecule has 1 aromatic rings. The van der Waals surface area contributed by atoms with Crippen LogP contribution in [-0.2, 0) is 4.79 Å². The highest BCUT2D eigenvalue weighted by Gasteiger charge is 2.37. The molecule has 2 aliphatic rings. The van der Waals surface area contributed by atoms with E-state index in [2.05, 4.69) is 15.9 Å². The predicted octanol–water partition coefficient (Wildman–Crippen LogP) is 4.98. The Bertz CT molecular complexity index is 608. The van der Waals surface area contributed by atoms with E-state index in [1.54, 1.807) is 0 Å². The van der Waals surface area contributed by atoms with Crippen molar-refractivity contribution in [3.63, 3.8) is 0 Å². The van der Waals surface area contributed by atoms with Crippen molar-refractivity contribution in [1.82, 2.24) is 4.90 Å². The summed E-state index contributed by atoms with van der Waals surface area (Å²) in [6.07, 6.45) is 7.78. The van der Waals surface area contributed by atoms with Crippen LogP contribution in [0.1, 0.15) is 37.7 Å². The molecule has 0 atom stereocenters. The lowest BCUT2D eigenvalue weighted by molar-refractivity contribution is -0.124. The average molecular weight is 382 g/mol. The van der Waals surface area contributed by atoms with E-state index in [1.807, 2.05) is 35.2 Å². The third-order valence-corrected chi connectivity index (χ3v) is 5.73. The summed E-state index contributed by atoms with van der Waals surface area (Å²) in [6, 6.07) is 8.26. The maximum absolute atomic E-state index is 12.6. The Morgan fingerprint density at radius 1 is 1.29 bits per heavy atom. The topological polar surface area (TPSA) is 20.3 Å². The number of thioether (sulfide) groups is 1. The predicted molar refractivity (Wildman–Crippen MR) is 96.0 cm³/mol. The number of hydrogen-bond acceptors (Lipinski definition) is 3. The van der Waals surface area contributed by atoms with Gasteiger partial charge in [0, 0.05) is 10.5 Å².